The Morgan fingerprint density at radius 1 is 0.885 bits per heavy atom. The number of amides is 1. The smallest absolute Gasteiger partial charge is 0.224 e. The average Bonchev–Trinajstić information content (AvgIpc) is 2.66. The normalized spacial score (nSPS) is 10.5. The number of anilines is 1. The summed E-state index contributed by atoms with van der Waals surface area (Å²) in [6.07, 6.45) is 0.330. The zero-order valence-corrected chi connectivity index (χ0v) is 14.9. The van der Waals surface area contributed by atoms with Gasteiger partial charge in [0.2, 0.25) is 5.91 Å². The summed E-state index contributed by atoms with van der Waals surface area (Å²) < 4.78 is 5.08. The van der Waals surface area contributed by atoms with Gasteiger partial charge in [0.25, 0.3) is 0 Å². The van der Waals surface area contributed by atoms with Crippen molar-refractivity contribution in [2.24, 2.45) is 0 Å². The van der Waals surface area contributed by atoms with E-state index in [2.05, 4.69) is 11.4 Å². The van der Waals surface area contributed by atoms with Gasteiger partial charge in [0.1, 0.15) is 5.75 Å². The maximum atomic E-state index is 12.4. The molecular weight excluding hydrogens is 326 g/mol. The highest BCUT2D eigenvalue weighted by Gasteiger charge is 2.10. The van der Waals surface area contributed by atoms with Crippen molar-refractivity contribution in [2.75, 3.05) is 12.4 Å². The lowest BCUT2D eigenvalue weighted by Crippen LogP contribution is -2.13. The Hall–Kier alpha value is -3.14. The van der Waals surface area contributed by atoms with Crippen molar-refractivity contribution < 1.29 is 14.3 Å². The summed E-state index contributed by atoms with van der Waals surface area (Å²) in [5, 5.41) is 4.93. The third-order valence-electron chi connectivity index (χ3n) is 4.27. The molecule has 3 rings (SSSR count). The molecule has 26 heavy (non-hydrogen) atoms. The van der Waals surface area contributed by atoms with Crippen LogP contribution in [0.25, 0.3) is 10.8 Å². The van der Waals surface area contributed by atoms with E-state index in [0.717, 1.165) is 16.5 Å². The minimum absolute atomic E-state index is 0.0302. The number of Topliss-reactive ketones (excluding diaryl/α,β-unsaturated/α-hetero) is 1. The Kier molecular flexibility index (Phi) is 5.32. The maximum Gasteiger partial charge on any atom is 0.224 e. The van der Waals surface area contributed by atoms with Crippen molar-refractivity contribution in [1.82, 2.24) is 0 Å². The van der Waals surface area contributed by atoms with Crippen molar-refractivity contribution in [3.8, 4) is 5.75 Å². The highest BCUT2D eigenvalue weighted by molar-refractivity contribution is 6.02. The van der Waals surface area contributed by atoms with Crippen molar-refractivity contribution in [3.05, 3.63) is 71.8 Å². The highest BCUT2D eigenvalue weighted by Crippen LogP contribution is 2.19. The number of ketones is 1. The Morgan fingerprint density at radius 3 is 2.31 bits per heavy atom. The molecule has 0 aromatic heterocycles. The van der Waals surface area contributed by atoms with E-state index in [0.29, 0.717) is 11.3 Å². The lowest BCUT2D eigenvalue weighted by Gasteiger charge is -2.07. The number of aryl methyl sites for hydroxylation is 1. The fourth-order valence-corrected chi connectivity index (χ4v) is 2.81. The van der Waals surface area contributed by atoms with Gasteiger partial charge in [0.15, 0.2) is 5.78 Å². The molecule has 0 bridgehead atoms. The third-order valence-corrected chi connectivity index (χ3v) is 4.27. The van der Waals surface area contributed by atoms with Gasteiger partial charge < -0.3 is 10.1 Å². The molecule has 1 amide bonds. The standard InChI is InChI=1S/C22H21NO3/c1-15-3-4-17-14-18(6-5-16(17)13-15)21(24)11-12-22(25)23-19-7-9-20(26-2)10-8-19/h3-10,13-14H,11-12H2,1-2H3,(H,23,25). The van der Waals surface area contributed by atoms with E-state index in [1.54, 1.807) is 31.4 Å². The Balaban J connectivity index is 1.59. The number of hydrogen-bond donors (Lipinski definition) is 1. The number of benzene rings is 3. The van der Waals surface area contributed by atoms with Gasteiger partial charge in [-0.1, -0.05) is 35.9 Å². The number of nitrogens with one attached hydrogen (secondary N) is 1. The summed E-state index contributed by atoms with van der Waals surface area (Å²) in [5.74, 6) is 0.516. The topological polar surface area (TPSA) is 55.4 Å². The molecule has 0 saturated carbocycles. The molecule has 1 N–H and O–H groups in total. The molecule has 4 nitrogen and oxygen atoms in total. The number of ether oxygens (including phenoxy) is 1. The average molecular weight is 347 g/mol. The molecular formula is C22H21NO3. The van der Waals surface area contributed by atoms with Crippen molar-refractivity contribution in [3.63, 3.8) is 0 Å². The van der Waals surface area contributed by atoms with Crippen molar-refractivity contribution >= 4 is 28.2 Å². The highest BCUT2D eigenvalue weighted by atomic mass is 16.5. The molecule has 0 atom stereocenters. The van der Waals surface area contributed by atoms with Crippen LogP contribution in [0.1, 0.15) is 28.8 Å². The molecule has 0 spiro atoms. The van der Waals surface area contributed by atoms with E-state index in [4.69, 9.17) is 4.74 Å². The molecule has 0 radical (unpaired) electrons. The number of carbonyl (C=O) groups excluding carboxylic acids is 2. The van der Waals surface area contributed by atoms with E-state index >= 15 is 0 Å². The van der Waals surface area contributed by atoms with Gasteiger partial charge in [-0.2, -0.15) is 0 Å². The number of methoxy groups -OCH3 is 1. The Labute approximate surface area is 152 Å². The third kappa shape index (κ3) is 4.28. The molecule has 4 heteroatoms. The first-order valence-electron chi connectivity index (χ1n) is 8.53. The van der Waals surface area contributed by atoms with E-state index in [-0.39, 0.29) is 24.5 Å². The lowest BCUT2D eigenvalue weighted by molar-refractivity contribution is -0.116. The van der Waals surface area contributed by atoms with Crippen LogP contribution in [0, 0.1) is 6.92 Å². The summed E-state index contributed by atoms with van der Waals surface area (Å²) in [6.45, 7) is 2.04. The van der Waals surface area contributed by atoms with Crippen LogP contribution < -0.4 is 10.1 Å². The molecule has 0 aliphatic carbocycles. The van der Waals surface area contributed by atoms with E-state index < -0.39 is 0 Å². The Morgan fingerprint density at radius 2 is 1.58 bits per heavy atom. The van der Waals surface area contributed by atoms with Gasteiger partial charge in [-0.25, -0.2) is 0 Å². The minimum atomic E-state index is -0.181. The monoisotopic (exact) mass is 347 g/mol. The van der Waals surface area contributed by atoms with Crippen LogP contribution in [0.15, 0.2) is 60.7 Å². The molecule has 3 aromatic carbocycles. The second-order valence-electron chi connectivity index (χ2n) is 6.27. The fraction of sp³-hybridized carbons (Fsp3) is 0.182. The molecule has 0 unspecified atom stereocenters. The zero-order chi connectivity index (χ0) is 18.5. The second kappa shape index (κ2) is 7.83. The second-order valence-corrected chi connectivity index (χ2v) is 6.27. The van der Waals surface area contributed by atoms with Crippen molar-refractivity contribution in [2.45, 2.75) is 19.8 Å². The van der Waals surface area contributed by atoms with Crippen LogP contribution in [0.5, 0.6) is 5.75 Å². The van der Waals surface area contributed by atoms with Gasteiger partial charge in [0.05, 0.1) is 7.11 Å². The van der Waals surface area contributed by atoms with Gasteiger partial charge >= 0.3 is 0 Å². The number of carbonyl (C=O) groups is 2. The van der Waals surface area contributed by atoms with Crippen LogP contribution in [0.3, 0.4) is 0 Å². The first-order valence-corrected chi connectivity index (χ1v) is 8.53. The van der Waals surface area contributed by atoms with Crippen LogP contribution in [-0.2, 0) is 4.79 Å². The number of rotatable bonds is 6. The van der Waals surface area contributed by atoms with Crippen LogP contribution in [0.4, 0.5) is 5.69 Å². The quantitative estimate of drug-likeness (QED) is 0.654. The molecule has 0 fully saturated rings. The van der Waals surface area contributed by atoms with Crippen LogP contribution in [0.2, 0.25) is 0 Å². The first-order chi connectivity index (χ1) is 12.5. The molecule has 0 aliphatic rings. The zero-order valence-electron chi connectivity index (χ0n) is 14.9. The molecule has 132 valence electrons. The van der Waals surface area contributed by atoms with Gasteiger partial charge in [-0.3, -0.25) is 9.59 Å². The van der Waals surface area contributed by atoms with E-state index in [1.807, 2.05) is 37.3 Å². The van der Waals surface area contributed by atoms with Crippen LogP contribution in [-0.4, -0.2) is 18.8 Å². The molecule has 0 aliphatic heterocycles. The predicted molar refractivity (Wildman–Crippen MR) is 104 cm³/mol. The number of fused-ring (bicyclic) bond motifs is 1. The van der Waals surface area contributed by atoms with E-state index in [9.17, 15) is 9.59 Å². The van der Waals surface area contributed by atoms with E-state index in [1.165, 1.54) is 5.56 Å². The SMILES string of the molecule is COc1ccc(NC(=O)CCC(=O)c2ccc3cc(C)ccc3c2)cc1. The largest absolute Gasteiger partial charge is 0.497 e. The summed E-state index contributed by atoms with van der Waals surface area (Å²) in [4.78, 5) is 24.5. The minimum Gasteiger partial charge on any atom is -0.497 e. The predicted octanol–water partition coefficient (Wildman–Crippen LogP) is 4.76. The Bertz CT molecular complexity index is 945. The van der Waals surface area contributed by atoms with Crippen LogP contribution >= 0.6 is 0 Å². The molecule has 0 saturated heterocycles. The summed E-state index contributed by atoms with van der Waals surface area (Å²) in [5.41, 5.74) is 2.51. The van der Waals surface area contributed by atoms with Gasteiger partial charge in [-0.05, 0) is 48.0 Å². The summed E-state index contributed by atoms with van der Waals surface area (Å²) in [7, 11) is 1.59. The van der Waals surface area contributed by atoms with Crippen molar-refractivity contribution in [1.29, 1.82) is 0 Å². The first kappa shape index (κ1) is 17.7. The lowest BCUT2D eigenvalue weighted by atomic mass is 10.0. The number of hydrogen-bond acceptors (Lipinski definition) is 3. The molecule has 0 heterocycles. The maximum absolute atomic E-state index is 12.4. The summed E-state index contributed by atoms with van der Waals surface area (Å²) in [6, 6.07) is 18.9. The van der Waals surface area contributed by atoms with Gasteiger partial charge in [0, 0.05) is 24.1 Å². The molecule has 3 aromatic rings. The summed E-state index contributed by atoms with van der Waals surface area (Å²) >= 11 is 0. The van der Waals surface area contributed by atoms with Gasteiger partial charge in [-0.15, -0.1) is 0 Å². The fourth-order valence-electron chi connectivity index (χ4n) is 2.81.